The SMILES string of the molecule is O=C(c1ccco1)C1C2C(=O)N(c3cccc(C(F)(F)F)c3)C(=O)C2C2c3ccccc3C=CN12. The number of Topliss-reactive ketones (excluding diaryl/α,β-unsaturated/α-hetero) is 1. The van der Waals surface area contributed by atoms with Gasteiger partial charge in [-0.1, -0.05) is 30.3 Å². The molecule has 0 radical (unpaired) electrons. The fourth-order valence-corrected chi connectivity index (χ4v) is 5.50. The number of ketones is 1. The number of alkyl halides is 3. The van der Waals surface area contributed by atoms with Gasteiger partial charge in [0, 0.05) is 6.20 Å². The molecule has 4 heterocycles. The van der Waals surface area contributed by atoms with Gasteiger partial charge in [-0.25, -0.2) is 4.90 Å². The molecule has 6 rings (SSSR count). The van der Waals surface area contributed by atoms with Gasteiger partial charge in [0.15, 0.2) is 5.76 Å². The molecule has 2 aromatic carbocycles. The Balaban J connectivity index is 1.49. The lowest BCUT2D eigenvalue weighted by atomic mass is 9.84. The minimum Gasteiger partial charge on any atom is -0.461 e. The fourth-order valence-electron chi connectivity index (χ4n) is 5.50. The molecule has 4 unspecified atom stereocenters. The van der Waals surface area contributed by atoms with Crippen LogP contribution in [0.3, 0.4) is 0 Å². The first-order valence-electron chi connectivity index (χ1n) is 10.9. The second-order valence-corrected chi connectivity index (χ2v) is 8.73. The van der Waals surface area contributed by atoms with E-state index < -0.39 is 53.3 Å². The molecule has 0 aliphatic carbocycles. The molecule has 176 valence electrons. The van der Waals surface area contributed by atoms with E-state index in [1.807, 2.05) is 24.3 Å². The van der Waals surface area contributed by atoms with Crippen molar-refractivity contribution in [2.45, 2.75) is 18.3 Å². The van der Waals surface area contributed by atoms with Crippen LogP contribution in [0.25, 0.3) is 6.08 Å². The van der Waals surface area contributed by atoms with E-state index in [1.54, 1.807) is 23.2 Å². The van der Waals surface area contributed by atoms with Crippen LogP contribution in [0.2, 0.25) is 0 Å². The first-order chi connectivity index (χ1) is 16.8. The summed E-state index contributed by atoms with van der Waals surface area (Å²) in [5.41, 5.74) is 0.478. The molecular weight excluding hydrogens is 461 g/mol. The number of imide groups is 1. The largest absolute Gasteiger partial charge is 0.461 e. The minimum atomic E-state index is -4.64. The zero-order chi connectivity index (χ0) is 24.5. The van der Waals surface area contributed by atoms with Gasteiger partial charge in [0.2, 0.25) is 17.6 Å². The van der Waals surface area contributed by atoms with Crippen LogP contribution >= 0.6 is 0 Å². The number of nitrogens with zero attached hydrogens (tertiary/aromatic N) is 2. The lowest BCUT2D eigenvalue weighted by Crippen LogP contribution is -2.44. The molecule has 3 aliphatic heterocycles. The first kappa shape index (κ1) is 21.4. The Kier molecular flexibility index (Phi) is 4.54. The van der Waals surface area contributed by atoms with Gasteiger partial charge in [-0.15, -0.1) is 0 Å². The van der Waals surface area contributed by atoms with Gasteiger partial charge >= 0.3 is 6.18 Å². The van der Waals surface area contributed by atoms with E-state index in [-0.39, 0.29) is 11.4 Å². The van der Waals surface area contributed by atoms with Gasteiger partial charge in [-0.3, -0.25) is 14.4 Å². The highest BCUT2D eigenvalue weighted by molar-refractivity contribution is 6.24. The third kappa shape index (κ3) is 3.07. The Labute approximate surface area is 197 Å². The summed E-state index contributed by atoms with van der Waals surface area (Å²) in [5.74, 6) is -3.80. The zero-order valence-electron chi connectivity index (χ0n) is 18.0. The molecule has 1 aromatic heterocycles. The van der Waals surface area contributed by atoms with E-state index >= 15 is 0 Å². The molecular formula is C26H17F3N2O4. The van der Waals surface area contributed by atoms with Gasteiger partial charge in [0.25, 0.3) is 0 Å². The topological polar surface area (TPSA) is 70.8 Å². The van der Waals surface area contributed by atoms with Gasteiger partial charge < -0.3 is 9.32 Å². The highest BCUT2D eigenvalue weighted by Gasteiger charge is 2.64. The third-order valence-electron chi connectivity index (χ3n) is 6.93. The van der Waals surface area contributed by atoms with E-state index in [4.69, 9.17) is 4.42 Å². The van der Waals surface area contributed by atoms with Crippen molar-refractivity contribution >= 4 is 29.4 Å². The monoisotopic (exact) mass is 478 g/mol. The van der Waals surface area contributed by atoms with Crippen LogP contribution in [0.15, 0.2) is 77.5 Å². The van der Waals surface area contributed by atoms with Crippen LogP contribution in [0.5, 0.6) is 0 Å². The maximum Gasteiger partial charge on any atom is 0.416 e. The molecule has 2 fully saturated rings. The van der Waals surface area contributed by atoms with E-state index in [2.05, 4.69) is 0 Å². The molecule has 0 spiro atoms. The van der Waals surface area contributed by atoms with Crippen LogP contribution in [-0.4, -0.2) is 28.5 Å². The van der Waals surface area contributed by atoms with Crippen LogP contribution in [-0.2, 0) is 15.8 Å². The zero-order valence-corrected chi connectivity index (χ0v) is 18.0. The summed E-state index contributed by atoms with van der Waals surface area (Å²) in [7, 11) is 0. The van der Waals surface area contributed by atoms with Gasteiger partial charge in [-0.05, 0) is 47.5 Å². The summed E-state index contributed by atoms with van der Waals surface area (Å²) in [6.45, 7) is 0. The number of hydrogen-bond acceptors (Lipinski definition) is 5. The molecule has 3 aliphatic rings. The number of furan rings is 1. The molecule has 0 N–H and O–H groups in total. The number of amides is 2. The van der Waals surface area contributed by atoms with Crippen LogP contribution in [0.4, 0.5) is 18.9 Å². The number of halogens is 3. The van der Waals surface area contributed by atoms with Crippen molar-refractivity contribution in [1.82, 2.24) is 4.90 Å². The Hall–Kier alpha value is -4.14. The Morgan fingerprint density at radius 2 is 1.69 bits per heavy atom. The standard InChI is InChI=1S/C26H17F3N2O4/c27-26(28,29)15-6-3-7-16(13-15)31-24(33)19-20(25(31)34)22(23(32)18-9-4-12-35-18)30-11-10-14-5-1-2-8-17(14)21(19)30/h1-13,19-22H. The Bertz CT molecular complexity index is 1400. The molecule has 2 amide bonds. The van der Waals surface area contributed by atoms with Crippen molar-refractivity contribution in [2.75, 3.05) is 4.90 Å². The lowest BCUT2D eigenvalue weighted by Gasteiger charge is -2.35. The summed E-state index contributed by atoms with van der Waals surface area (Å²) >= 11 is 0. The third-order valence-corrected chi connectivity index (χ3v) is 6.93. The average Bonchev–Trinajstić information content (AvgIpc) is 3.55. The van der Waals surface area contributed by atoms with Gasteiger partial charge in [0.1, 0.15) is 6.04 Å². The fraction of sp³-hybridized carbons (Fsp3) is 0.192. The summed E-state index contributed by atoms with van der Waals surface area (Å²) in [6.07, 6.45) is 0.218. The van der Waals surface area contributed by atoms with E-state index in [9.17, 15) is 27.6 Å². The molecule has 3 aromatic rings. The molecule has 6 nitrogen and oxygen atoms in total. The molecule has 0 bridgehead atoms. The molecule has 0 saturated carbocycles. The summed E-state index contributed by atoms with van der Waals surface area (Å²) in [6, 6.07) is 12.8. The van der Waals surface area contributed by atoms with Gasteiger partial charge in [-0.2, -0.15) is 13.2 Å². The number of carbonyl (C=O) groups is 3. The summed E-state index contributed by atoms with van der Waals surface area (Å²) in [4.78, 5) is 43.4. The summed E-state index contributed by atoms with van der Waals surface area (Å²) in [5, 5.41) is 0. The Morgan fingerprint density at radius 1 is 0.914 bits per heavy atom. The van der Waals surface area contributed by atoms with Crippen molar-refractivity contribution in [3.63, 3.8) is 0 Å². The second kappa shape index (κ2) is 7.43. The minimum absolute atomic E-state index is 0.0411. The quantitative estimate of drug-likeness (QED) is 0.403. The van der Waals surface area contributed by atoms with Gasteiger partial charge in [0.05, 0.1) is 35.4 Å². The van der Waals surface area contributed by atoms with Crippen molar-refractivity contribution in [3.05, 3.63) is 95.6 Å². The average molecular weight is 478 g/mol. The van der Waals surface area contributed by atoms with E-state index in [0.717, 1.165) is 34.2 Å². The lowest BCUT2D eigenvalue weighted by molar-refractivity contribution is -0.137. The van der Waals surface area contributed by atoms with Crippen molar-refractivity contribution in [3.8, 4) is 0 Å². The number of fused-ring (bicyclic) bond motifs is 5. The van der Waals surface area contributed by atoms with Crippen LogP contribution in [0.1, 0.15) is 33.3 Å². The first-order valence-corrected chi connectivity index (χ1v) is 10.9. The number of benzene rings is 2. The number of anilines is 1. The second-order valence-electron chi connectivity index (χ2n) is 8.73. The van der Waals surface area contributed by atoms with E-state index in [1.165, 1.54) is 18.4 Å². The van der Waals surface area contributed by atoms with E-state index in [0.29, 0.717) is 0 Å². The smallest absolute Gasteiger partial charge is 0.416 e. The predicted octanol–water partition coefficient (Wildman–Crippen LogP) is 4.70. The Morgan fingerprint density at radius 3 is 2.43 bits per heavy atom. The molecule has 4 atom stereocenters. The summed E-state index contributed by atoms with van der Waals surface area (Å²) < 4.78 is 45.3. The maximum atomic E-state index is 13.7. The van der Waals surface area contributed by atoms with Crippen molar-refractivity contribution in [1.29, 1.82) is 0 Å². The van der Waals surface area contributed by atoms with Crippen LogP contribution in [0, 0.1) is 11.8 Å². The number of rotatable bonds is 3. The predicted molar refractivity (Wildman–Crippen MR) is 118 cm³/mol. The number of carbonyl (C=O) groups excluding carboxylic acids is 3. The maximum absolute atomic E-state index is 13.7. The normalized spacial score (nSPS) is 25.0. The highest BCUT2D eigenvalue weighted by atomic mass is 19.4. The molecule has 2 saturated heterocycles. The molecule has 9 heteroatoms. The molecule has 35 heavy (non-hydrogen) atoms. The van der Waals surface area contributed by atoms with Crippen molar-refractivity contribution in [2.24, 2.45) is 11.8 Å². The van der Waals surface area contributed by atoms with Crippen LogP contribution < -0.4 is 4.90 Å². The van der Waals surface area contributed by atoms with Crippen molar-refractivity contribution < 1.29 is 32.0 Å². The highest BCUT2D eigenvalue weighted by Crippen LogP contribution is 2.53. The number of hydrogen-bond donors (Lipinski definition) is 0.